The largest absolute Gasteiger partial charge is 0.350 e. The highest BCUT2D eigenvalue weighted by Gasteiger charge is 2.29. The molecule has 0 N–H and O–H groups in total. The van der Waals surface area contributed by atoms with E-state index >= 15 is 0 Å². The van der Waals surface area contributed by atoms with Gasteiger partial charge < -0.3 is 9.47 Å². The molecule has 0 amide bonds. The Morgan fingerprint density at radius 3 is 2.90 bits per heavy atom. The molecule has 0 saturated heterocycles. The summed E-state index contributed by atoms with van der Waals surface area (Å²) in [6.07, 6.45) is 6.04. The SMILES string of the molecule is CCN(C)C1CCC(c2cn(C)c3ccc(C#N)cc23)C1. The standard InChI is InChI=1S/C18H23N3/c1-4-20(2)15-7-6-14(10-15)17-12-21(3)18-8-5-13(11-19)9-16(17)18/h5,8-9,12,14-15H,4,6-7,10H2,1-3H3. The van der Waals surface area contributed by atoms with Gasteiger partial charge in [-0.1, -0.05) is 6.92 Å². The summed E-state index contributed by atoms with van der Waals surface area (Å²) >= 11 is 0. The van der Waals surface area contributed by atoms with Gasteiger partial charge in [-0.3, -0.25) is 0 Å². The smallest absolute Gasteiger partial charge is 0.0991 e. The van der Waals surface area contributed by atoms with Crippen LogP contribution >= 0.6 is 0 Å². The van der Waals surface area contributed by atoms with Gasteiger partial charge in [-0.05, 0) is 62.5 Å². The molecule has 0 radical (unpaired) electrons. The summed E-state index contributed by atoms with van der Waals surface area (Å²) in [4.78, 5) is 2.46. The average Bonchev–Trinajstić information content (AvgIpc) is 3.11. The quantitative estimate of drug-likeness (QED) is 0.860. The highest BCUT2D eigenvalue weighted by Crippen LogP contribution is 2.40. The molecule has 1 saturated carbocycles. The lowest BCUT2D eigenvalue weighted by atomic mass is 9.96. The van der Waals surface area contributed by atoms with Gasteiger partial charge in [-0.2, -0.15) is 5.26 Å². The average molecular weight is 281 g/mol. The molecule has 0 spiro atoms. The lowest BCUT2D eigenvalue weighted by Crippen LogP contribution is -2.28. The highest BCUT2D eigenvalue weighted by molar-refractivity contribution is 5.85. The van der Waals surface area contributed by atoms with Crippen molar-refractivity contribution in [3.05, 3.63) is 35.5 Å². The molecule has 1 aromatic carbocycles. The fraction of sp³-hybridized carbons (Fsp3) is 0.500. The number of hydrogen-bond donors (Lipinski definition) is 0. The Labute approximate surface area is 126 Å². The van der Waals surface area contributed by atoms with Crippen molar-refractivity contribution in [1.29, 1.82) is 5.26 Å². The third-order valence-corrected chi connectivity index (χ3v) is 5.12. The van der Waals surface area contributed by atoms with Gasteiger partial charge in [-0.25, -0.2) is 0 Å². The van der Waals surface area contributed by atoms with Crippen LogP contribution in [-0.4, -0.2) is 29.1 Å². The summed E-state index contributed by atoms with van der Waals surface area (Å²) in [5.41, 5.74) is 3.42. The Balaban J connectivity index is 1.96. The van der Waals surface area contributed by atoms with E-state index in [9.17, 15) is 0 Å². The first-order valence-corrected chi connectivity index (χ1v) is 7.83. The molecule has 0 aliphatic heterocycles. The van der Waals surface area contributed by atoms with Crippen molar-refractivity contribution in [3.8, 4) is 6.07 Å². The summed E-state index contributed by atoms with van der Waals surface area (Å²) in [6.45, 7) is 3.34. The molecule has 2 aromatic rings. The van der Waals surface area contributed by atoms with Gasteiger partial charge in [0.15, 0.2) is 0 Å². The topological polar surface area (TPSA) is 32.0 Å². The summed E-state index contributed by atoms with van der Waals surface area (Å²) < 4.78 is 2.20. The minimum absolute atomic E-state index is 0.627. The maximum atomic E-state index is 9.14. The maximum absolute atomic E-state index is 9.14. The lowest BCUT2D eigenvalue weighted by molar-refractivity contribution is 0.256. The third kappa shape index (κ3) is 2.45. The van der Waals surface area contributed by atoms with Crippen molar-refractivity contribution in [2.24, 2.45) is 7.05 Å². The third-order valence-electron chi connectivity index (χ3n) is 5.12. The van der Waals surface area contributed by atoms with Crippen LogP contribution in [0.4, 0.5) is 0 Å². The fourth-order valence-corrected chi connectivity index (χ4v) is 3.72. The second-order valence-corrected chi connectivity index (χ2v) is 6.28. The zero-order chi connectivity index (χ0) is 15.0. The van der Waals surface area contributed by atoms with Crippen LogP contribution in [0.1, 0.15) is 43.2 Å². The van der Waals surface area contributed by atoms with Gasteiger partial charge in [0, 0.05) is 30.2 Å². The van der Waals surface area contributed by atoms with Crippen LogP contribution < -0.4 is 0 Å². The highest BCUT2D eigenvalue weighted by atomic mass is 15.1. The molecule has 3 nitrogen and oxygen atoms in total. The van der Waals surface area contributed by atoms with Crippen LogP contribution in [0.15, 0.2) is 24.4 Å². The minimum atomic E-state index is 0.627. The van der Waals surface area contributed by atoms with E-state index in [0.29, 0.717) is 12.0 Å². The molecule has 21 heavy (non-hydrogen) atoms. The molecule has 0 bridgehead atoms. The zero-order valence-electron chi connectivity index (χ0n) is 13.1. The normalized spacial score (nSPS) is 22.0. The van der Waals surface area contributed by atoms with E-state index in [1.54, 1.807) is 0 Å². The van der Waals surface area contributed by atoms with E-state index in [0.717, 1.165) is 12.1 Å². The predicted molar refractivity (Wildman–Crippen MR) is 86.3 cm³/mol. The van der Waals surface area contributed by atoms with E-state index in [2.05, 4.69) is 54.9 Å². The number of benzene rings is 1. The van der Waals surface area contributed by atoms with Crippen molar-refractivity contribution in [2.75, 3.05) is 13.6 Å². The van der Waals surface area contributed by atoms with Gasteiger partial charge in [-0.15, -0.1) is 0 Å². The van der Waals surface area contributed by atoms with E-state index in [1.165, 1.54) is 35.7 Å². The molecule has 1 aliphatic carbocycles. The predicted octanol–water partition coefficient (Wildman–Crippen LogP) is 3.64. The van der Waals surface area contributed by atoms with Crippen LogP contribution in [0.3, 0.4) is 0 Å². The van der Waals surface area contributed by atoms with E-state index in [-0.39, 0.29) is 0 Å². The zero-order valence-corrected chi connectivity index (χ0v) is 13.1. The van der Waals surface area contributed by atoms with Crippen LogP contribution in [0.25, 0.3) is 10.9 Å². The van der Waals surface area contributed by atoms with E-state index in [4.69, 9.17) is 5.26 Å². The van der Waals surface area contributed by atoms with Crippen molar-refractivity contribution >= 4 is 10.9 Å². The first-order valence-electron chi connectivity index (χ1n) is 7.83. The van der Waals surface area contributed by atoms with Gasteiger partial charge >= 0.3 is 0 Å². The van der Waals surface area contributed by atoms with Crippen molar-refractivity contribution in [3.63, 3.8) is 0 Å². The molecular formula is C18H23N3. The Morgan fingerprint density at radius 1 is 1.38 bits per heavy atom. The van der Waals surface area contributed by atoms with E-state index < -0.39 is 0 Å². The maximum Gasteiger partial charge on any atom is 0.0991 e. The summed E-state index contributed by atoms with van der Waals surface area (Å²) in [6, 6.07) is 9.01. The van der Waals surface area contributed by atoms with E-state index in [1.807, 2.05) is 6.07 Å². The molecule has 2 atom stereocenters. The summed E-state index contributed by atoms with van der Waals surface area (Å²) in [7, 11) is 4.33. The molecular weight excluding hydrogens is 258 g/mol. The van der Waals surface area contributed by atoms with Gasteiger partial charge in [0.2, 0.25) is 0 Å². The molecule has 1 fully saturated rings. The molecule has 3 rings (SSSR count). The van der Waals surface area contributed by atoms with Crippen molar-refractivity contribution in [1.82, 2.24) is 9.47 Å². The number of hydrogen-bond acceptors (Lipinski definition) is 2. The summed E-state index contributed by atoms with van der Waals surface area (Å²) in [5, 5.41) is 10.4. The lowest BCUT2D eigenvalue weighted by Gasteiger charge is -2.22. The number of nitriles is 1. The molecule has 3 heteroatoms. The van der Waals surface area contributed by atoms with Gasteiger partial charge in [0.1, 0.15) is 0 Å². The molecule has 2 unspecified atom stereocenters. The van der Waals surface area contributed by atoms with Crippen LogP contribution in [-0.2, 0) is 7.05 Å². The number of aromatic nitrogens is 1. The minimum Gasteiger partial charge on any atom is -0.350 e. The Hall–Kier alpha value is -1.79. The second-order valence-electron chi connectivity index (χ2n) is 6.28. The first-order chi connectivity index (χ1) is 10.1. The monoisotopic (exact) mass is 281 g/mol. The van der Waals surface area contributed by atoms with Crippen LogP contribution in [0.5, 0.6) is 0 Å². The Morgan fingerprint density at radius 2 is 2.19 bits per heavy atom. The Kier molecular flexibility index (Phi) is 3.73. The summed E-state index contributed by atoms with van der Waals surface area (Å²) in [5.74, 6) is 0.627. The second kappa shape index (κ2) is 5.54. The molecule has 1 aliphatic rings. The Bertz CT molecular complexity index is 692. The molecule has 110 valence electrons. The number of nitrogens with zero attached hydrogens (tertiary/aromatic N) is 3. The van der Waals surface area contributed by atoms with Crippen molar-refractivity contribution in [2.45, 2.75) is 38.1 Å². The number of fused-ring (bicyclic) bond motifs is 1. The van der Waals surface area contributed by atoms with Crippen molar-refractivity contribution < 1.29 is 0 Å². The number of rotatable bonds is 3. The molecule has 1 heterocycles. The molecule has 1 aromatic heterocycles. The van der Waals surface area contributed by atoms with Gasteiger partial charge in [0.05, 0.1) is 11.6 Å². The van der Waals surface area contributed by atoms with Crippen LogP contribution in [0.2, 0.25) is 0 Å². The number of aryl methyl sites for hydroxylation is 1. The van der Waals surface area contributed by atoms with Crippen LogP contribution in [0, 0.1) is 11.3 Å². The fourth-order valence-electron chi connectivity index (χ4n) is 3.72. The first kappa shape index (κ1) is 14.2. The van der Waals surface area contributed by atoms with Gasteiger partial charge in [0.25, 0.3) is 0 Å².